The van der Waals surface area contributed by atoms with Crippen LogP contribution < -0.4 is 5.32 Å². The molecule has 0 atom stereocenters. The Labute approximate surface area is 108 Å². The molecule has 1 heterocycles. The van der Waals surface area contributed by atoms with Crippen molar-refractivity contribution in [3.63, 3.8) is 0 Å². The second kappa shape index (κ2) is 6.40. The molecule has 0 spiro atoms. The molecule has 1 fully saturated rings. The second-order valence-corrected chi connectivity index (χ2v) is 4.71. The Morgan fingerprint density at radius 1 is 1.28 bits per heavy atom. The Balaban J connectivity index is 1.74. The van der Waals surface area contributed by atoms with Crippen molar-refractivity contribution in [3.8, 4) is 5.75 Å². The maximum Gasteiger partial charge on any atom is 0.251 e. The summed E-state index contributed by atoms with van der Waals surface area (Å²) in [4.78, 5) is 14.2. The van der Waals surface area contributed by atoms with Crippen LogP contribution in [-0.2, 0) is 0 Å². The molecule has 1 amide bonds. The first-order chi connectivity index (χ1) is 8.75. The Bertz CT molecular complexity index is 401. The minimum Gasteiger partial charge on any atom is -0.508 e. The Kier molecular flexibility index (Phi) is 4.59. The molecule has 98 valence electrons. The van der Waals surface area contributed by atoms with Crippen LogP contribution in [0.1, 0.15) is 29.6 Å². The van der Waals surface area contributed by atoms with Gasteiger partial charge >= 0.3 is 0 Å². The summed E-state index contributed by atoms with van der Waals surface area (Å²) in [5, 5.41) is 12.2. The number of hydrogen-bond acceptors (Lipinski definition) is 3. The minimum absolute atomic E-state index is 0.122. The van der Waals surface area contributed by atoms with Gasteiger partial charge in [0.15, 0.2) is 0 Å². The van der Waals surface area contributed by atoms with Crippen molar-refractivity contribution >= 4 is 5.91 Å². The molecular formula is C14H20N2O2. The van der Waals surface area contributed by atoms with E-state index in [2.05, 4.69) is 10.2 Å². The second-order valence-electron chi connectivity index (χ2n) is 4.71. The van der Waals surface area contributed by atoms with Crippen LogP contribution in [0.15, 0.2) is 24.3 Å². The van der Waals surface area contributed by atoms with E-state index in [-0.39, 0.29) is 11.7 Å². The largest absolute Gasteiger partial charge is 0.508 e. The molecule has 1 saturated heterocycles. The lowest BCUT2D eigenvalue weighted by Gasteiger charge is -2.26. The van der Waals surface area contributed by atoms with Gasteiger partial charge in [0.25, 0.3) is 5.91 Å². The van der Waals surface area contributed by atoms with E-state index in [0.29, 0.717) is 12.1 Å². The predicted molar refractivity (Wildman–Crippen MR) is 70.7 cm³/mol. The number of carbonyl (C=O) groups is 1. The Morgan fingerprint density at radius 3 is 2.78 bits per heavy atom. The molecule has 1 aromatic carbocycles. The van der Waals surface area contributed by atoms with E-state index in [0.717, 1.165) is 19.6 Å². The summed E-state index contributed by atoms with van der Waals surface area (Å²) in [6.45, 7) is 3.85. The Hall–Kier alpha value is -1.55. The molecule has 1 aliphatic rings. The average molecular weight is 248 g/mol. The van der Waals surface area contributed by atoms with E-state index in [4.69, 9.17) is 0 Å². The van der Waals surface area contributed by atoms with Crippen molar-refractivity contribution in [2.75, 3.05) is 26.2 Å². The number of nitrogens with zero attached hydrogens (tertiary/aromatic N) is 1. The molecule has 0 radical (unpaired) electrons. The van der Waals surface area contributed by atoms with Crippen molar-refractivity contribution in [3.05, 3.63) is 29.8 Å². The van der Waals surface area contributed by atoms with Crippen LogP contribution in [0.25, 0.3) is 0 Å². The lowest BCUT2D eigenvalue weighted by Crippen LogP contribution is -2.37. The topological polar surface area (TPSA) is 52.6 Å². The quantitative estimate of drug-likeness (QED) is 0.851. The van der Waals surface area contributed by atoms with Gasteiger partial charge in [0.05, 0.1) is 0 Å². The van der Waals surface area contributed by atoms with Crippen molar-refractivity contribution in [1.82, 2.24) is 10.2 Å². The summed E-state index contributed by atoms with van der Waals surface area (Å²) in [6.07, 6.45) is 3.85. The summed E-state index contributed by atoms with van der Waals surface area (Å²) in [7, 11) is 0. The fraction of sp³-hybridized carbons (Fsp3) is 0.500. The van der Waals surface area contributed by atoms with E-state index in [1.54, 1.807) is 18.2 Å². The van der Waals surface area contributed by atoms with Crippen LogP contribution in [0.3, 0.4) is 0 Å². The molecule has 2 N–H and O–H groups in total. The van der Waals surface area contributed by atoms with Crippen molar-refractivity contribution in [2.24, 2.45) is 0 Å². The number of benzene rings is 1. The first-order valence-corrected chi connectivity index (χ1v) is 6.55. The third kappa shape index (κ3) is 3.74. The molecule has 1 aliphatic heterocycles. The highest BCUT2D eigenvalue weighted by Crippen LogP contribution is 2.10. The van der Waals surface area contributed by atoms with Gasteiger partial charge in [-0.05, 0) is 44.1 Å². The molecule has 0 bridgehead atoms. The molecule has 4 heteroatoms. The number of carbonyl (C=O) groups excluding carboxylic acids is 1. The molecule has 0 saturated carbocycles. The molecule has 18 heavy (non-hydrogen) atoms. The number of rotatable bonds is 4. The van der Waals surface area contributed by atoms with Crippen LogP contribution >= 0.6 is 0 Å². The van der Waals surface area contributed by atoms with E-state index in [9.17, 15) is 9.90 Å². The van der Waals surface area contributed by atoms with E-state index in [1.807, 2.05) is 0 Å². The van der Waals surface area contributed by atoms with Crippen LogP contribution in [0.5, 0.6) is 5.75 Å². The van der Waals surface area contributed by atoms with E-state index in [1.165, 1.54) is 25.3 Å². The molecular weight excluding hydrogens is 228 g/mol. The zero-order valence-corrected chi connectivity index (χ0v) is 10.6. The highest BCUT2D eigenvalue weighted by atomic mass is 16.3. The number of phenols is 1. The van der Waals surface area contributed by atoms with Gasteiger partial charge in [0, 0.05) is 18.7 Å². The number of phenolic OH excluding ortho intramolecular Hbond substituents is 1. The van der Waals surface area contributed by atoms with Crippen LogP contribution in [0.2, 0.25) is 0 Å². The molecule has 0 unspecified atom stereocenters. The van der Waals surface area contributed by atoms with Crippen molar-refractivity contribution < 1.29 is 9.90 Å². The fourth-order valence-corrected chi connectivity index (χ4v) is 2.26. The summed E-state index contributed by atoms with van der Waals surface area (Å²) in [5.41, 5.74) is 0.508. The maximum absolute atomic E-state index is 11.8. The smallest absolute Gasteiger partial charge is 0.251 e. The molecule has 4 nitrogen and oxygen atoms in total. The van der Waals surface area contributed by atoms with Gasteiger partial charge in [-0.2, -0.15) is 0 Å². The van der Waals surface area contributed by atoms with Gasteiger partial charge in [0.2, 0.25) is 0 Å². The van der Waals surface area contributed by atoms with Gasteiger partial charge in [-0.3, -0.25) is 4.79 Å². The van der Waals surface area contributed by atoms with E-state index >= 15 is 0 Å². The third-order valence-corrected chi connectivity index (χ3v) is 3.27. The van der Waals surface area contributed by atoms with Crippen molar-refractivity contribution in [1.29, 1.82) is 0 Å². The zero-order valence-electron chi connectivity index (χ0n) is 10.6. The van der Waals surface area contributed by atoms with Crippen molar-refractivity contribution in [2.45, 2.75) is 19.3 Å². The third-order valence-electron chi connectivity index (χ3n) is 3.27. The van der Waals surface area contributed by atoms with Gasteiger partial charge in [-0.25, -0.2) is 0 Å². The van der Waals surface area contributed by atoms with Crippen LogP contribution in [-0.4, -0.2) is 42.1 Å². The number of likely N-dealkylation sites (tertiary alicyclic amines) is 1. The monoisotopic (exact) mass is 248 g/mol. The van der Waals surface area contributed by atoms with Gasteiger partial charge in [0.1, 0.15) is 5.75 Å². The standard InChI is InChI=1S/C14H20N2O2/c17-13-6-4-5-12(11-13)14(18)15-7-10-16-8-2-1-3-9-16/h4-6,11,17H,1-3,7-10H2,(H,15,18). The SMILES string of the molecule is O=C(NCCN1CCCCC1)c1cccc(O)c1. The van der Waals surface area contributed by atoms with Gasteiger partial charge in [-0.1, -0.05) is 12.5 Å². The first kappa shape index (κ1) is 12.9. The summed E-state index contributed by atoms with van der Waals surface area (Å²) < 4.78 is 0. The summed E-state index contributed by atoms with van der Waals surface area (Å²) in [6, 6.07) is 6.42. The van der Waals surface area contributed by atoms with Crippen LogP contribution in [0.4, 0.5) is 0 Å². The van der Waals surface area contributed by atoms with Gasteiger partial charge in [-0.15, -0.1) is 0 Å². The fourth-order valence-electron chi connectivity index (χ4n) is 2.26. The lowest BCUT2D eigenvalue weighted by molar-refractivity contribution is 0.0946. The zero-order chi connectivity index (χ0) is 12.8. The lowest BCUT2D eigenvalue weighted by atomic mass is 10.1. The molecule has 1 aromatic rings. The number of amides is 1. The number of nitrogens with one attached hydrogen (secondary N) is 1. The first-order valence-electron chi connectivity index (χ1n) is 6.55. The minimum atomic E-state index is -0.122. The highest BCUT2D eigenvalue weighted by molar-refractivity contribution is 5.94. The van der Waals surface area contributed by atoms with E-state index < -0.39 is 0 Å². The summed E-state index contributed by atoms with van der Waals surface area (Å²) in [5.74, 6) is 0.00147. The van der Waals surface area contributed by atoms with Crippen LogP contribution in [0, 0.1) is 0 Å². The maximum atomic E-state index is 11.8. The number of piperidine rings is 1. The molecule has 0 aromatic heterocycles. The predicted octanol–water partition coefficient (Wildman–Crippen LogP) is 1.61. The summed E-state index contributed by atoms with van der Waals surface area (Å²) >= 11 is 0. The molecule has 2 rings (SSSR count). The Morgan fingerprint density at radius 2 is 2.06 bits per heavy atom. The average Bonchev–Trinajstić information content (AvgIpc) is 2.40. The van der Waals surface area contributed by atoms with Gasteiger partial charge < -0.3 is 15.3 Å². The highest BCUT2D eigenvalue weighted by Gasteiger charge is 2.10. The normalized spacial score (nSPS) is 16.4. The number of aromatic hydroxyl groups is 1. The number of hydrogen-bond donors (Lipinski definition) is 2. The molecule has 0 aliphatic carbocycles.